The number of benzene rings is 2. The van der Waals surface area contributed by atoms with Crippen molar-refractivity contribution < 1.29 is 4.79 Å². The van der Waals surface area contributed by atoms with Crippen LogP contribution in [0.25, 0.3) is 0 Å². The number of amides is 1. The first-order valence-electron chi connectivity index (χ1n) is 7.49. The van der Waals surface area contributed by atoms with Crippen molar-refractivity contribution in [2.75, 3.05) is 0 Å². The molecule has 1 amide bonds. The Bertz CT molecular complexity index is 665. The Morgan fingerprint density at radius 1 is 1.09 bits per heavy atom. The summed E-state index contributed by atoms with van der Waals surface area (Å²) in [5.74, 6) is -0.376. The number of primary amides is 1. The molecule has 0 aliphatic heterocycles. The molecule has 3 rings (SSSR count). The van der Waals surface area contributed by atoms with E-state index in [0.717, 1.165) is 17.6 Å². The summed E-state index contributed by atoms with van der Waals surface area (Å²) in [6.45, 7) is 1.83. The van der Waals surface area contributed by atoms with Crippen molar-refractivity contribution >= 4 is 21.8 Å². The molecule has 0 unspecified atom stereocenters. The van der Waals surface area contributed by atoms with Crippen molar-refractivity contribution in [1.29, 1.82) is 0 Å². The molecule has 0 heterocycles. The van der Waals surface area contributed by atoms with Crippen molar-refractivity contribution in [1.82, 2.24) is 4.90 Å². The fraction of sp³-hybridized carbons (Fsp3) is 0.278. The number of hydrogen-bond donors (Lipinski definition) is 1. The molecule has 0 spiro atoms. The van der Waals surface area contributed by atoms with E-state index in [9.17, 15) is 4.79 Å². The Kier molecular flexibility index (Phi) is 4.60. The molecule has 1 aliphatic carbocycles. The van der Waals surface area contributed by atoms with Crippen LogP contribution in [0.2, 0.25) is 0 Å². The second-order valence-corrected chi connectivity index (χ2v) is 6.64. The molecule has 1 aliphatic rings. The van der Waals surface area contributed by atoms with Crippen LogP contribution in [-0.2, 0) is 13.1 Å². The van der Waals surface area contributed by atoms with Gasteiger partial charge in [-0.25, -0.2) is 0 Å². The van der Waals surface area contributed by atoms with E-state index in [0.29, 0.717) is 11.6 Å². The standard InChI is InChI=1S/C18H19BrN2O/c19-17-4-2-1-3-15(17)12-21(16-9-10-16)11-13-5-7-14(8-6-13)18(20)22/h1-8,16H,9-12H2,(H2,20,22). The Labute approximate surface area is 139 Å². The first-order valence-corrected chi connectivity index (χ1v) is 8.29. The highest BCUT2D eigenvalue weighted by Gasteiger charge is 2.29. The number of halogens is 1. The largest absolute Gasteiger partial charge is 0.366 e. The fourth-order valence-corrected chi connectivity index (χ4v) is 3.02. The van der Waals surface area contributed by atoms with Gasteiger partial charge in [-0.05, 0) is 42.2 Å². The predicted octanol–water partition coefficient (Wildman–Crippen LogP) is 3.71. The van der Waals surface area contributed by atoms with E-state index in [1.165, 1.54) is 24.0 Å². The number of hydrogen-bond acceptors (Lipinski definition) is 2. The van der Waals surface area contributed by atoms with E-state index < -0.39 is 0 Å². The Morgan fingerprint density at radius 2 is 1.77 bits per heavy atom. The number of carbonyl (C=O) groups excluding carboxylic acids is 1. The molecule has 0 bridgehead atoms. The molecule has 2 aromatic carbocycles. The lowest BCUT2D eigenvalue weighted by Crippen LogP contribution is -2.25. The van der Waals surface area contributed by atoms with Gasteiger partial charge in [0.05, 0.1) is 0 Å². The van der Waals surface area contributed by atoms with Crippen molar-refractivity contribution in [2.45, 2.75) is 32.0 Å². The number of rotatable bonds is 6. The molecule has 0 atom stereocenters. The van der Waals surface area contributed by atoms with E-state index in [1.807, 2.05) is 18.2 Å². The summed E-state index contributed by atoms with van der Waals surface area (Å²) in [6.07, 6.45) is 2.54. The minimum absolute atomic E-state index is 0.376. The zero-order valence-corrected chi connectivity index (χ0v) is 13.9. The average Bonchev–Trinajstić information content (AvgIpc) is 3.34. The summed E-state index contributed by atoms with van der Waals surface area (Å²) in [5.41, 5.74) is 8.37. The van der Waals surface area contributed by atoms with Crippen molar-refractivity contribution in [3.05, 3.63) is 69.7 Å². The second kappa shape index (κ2) is 6.63. The van der Waals surface area contributed by atoms with Gasteiger partial charge < -0.3 is 5.73 Å². The normalized spacial score (nSPS) is 14.3. The van der Waals surface area contributed by atoms with Gasteiger partial charge >= 0.3 is 0 Å². The van der Waals surface area contributed by atoms with Gasteiger partial charge in [-0.3, -0.25) is 9.69 Å². The highest BCUT2D eigenvalue weighted by molar-refractivity contribution is 9.10. The molecular weight excluding hydrogens is 340 g/mol. The van der Waals surface area contributed by atoms with Gasteiger partial charge in [0, 0.05) is 29.2 Å². The lowest BCUT2D eigenvalue weighted by molar-refractivity contribution is 0.100. The Hall–Kier alpha value is -1.65. The van der Waals surface area contributed by atoms with Gasteiger partial charge in [0.25, 0.3) is 0 Å². The fourth-order valence-electron chi connectivity index (χ4n) is 2.61. The number of nitrogens with zero attached hydrogens (tertiary/aromatic N) is 1. The first-order chi connectivity index (χ1) is 10.6. The highest BCUT2D eigenvalue weighted by Crippen LogP contribution is 2.31. The molecule has 0 aromatic heterocycles. The van der Waals surface area contributed by atoms with Crippen LogP contribution >= 0.6 is 15.9 Å². The predicted molar refractivity (Wildman–Crippen MR) is 91.4 cm³/mol. The van der Waals surface area contributed by atoms with Gasteiger partial charge in [-0.2, -0.15) is 0 Å². The van der Waals surface area contributed by atoms with Crippen LogP contribution in [0.5, 0.6) is 0 Å². The maximum Gasteiger partial charge on any atom is 0.248 e. The number of nitrogens with two attached hydrogens (primary N) is 1. The third-order valence-electron chi connectivity index (χ3n) is 4.02. The lowest BCUT2D eigenvalue weighted by atomic mass is 10.1. The van der Waals surface area contributed by atoms with Crippen LogP contribution in [0, 0.1) is 0 Å². The van der Waals surface area contributed by atoms with Gasteiger partial charge in [0.2, 0.25) is 5.91 Å². The summed E-state index contributed by atoms with van der Waals surface area (Å²) < 4.78 is 1.16. The third-order valence-corrected chi connectivity index (χ3v) is 4.79. The van der Waals surface area contributed by atoms with E-state index in [1.54, 1.807) is 12.1 Å². The quantitative estimate of drug-likeness (QED) is 0.855. The minimum atomic E-state index is -0.376. The van der Waals surface area contributed by atoms with Gasteiger partial charge in [0.1, 0.15) is 0 Å². The molecule has 0 saturated heterocycles. The van der Waals surface area contributed by atoms with Gasteiger partial charge in [-0.15, -0.1) is 0 Å². The molecule has 3 nitrogen and oxygen atoms in total. The summed E-state index contributed by atoms with van der Waals surface area (Å²) in [6, 6.07) is 16.6. The molecule has 4 heteroatoms. The third kappa shape index (κ3) is 3.76. The Morgan fingerprint density at radius 3 is 2.36 bits per heavy atom. The number of carbonyl (C=O) groups is 1. The molecular formula is C18H19BrN2O. The van der Waals surface area contributed by atoms with Gasteiger partial charge in [0.15, 0.2) is 0 Å². The van der Waals surface area contributed by atoms with E-state index in [4.69, 9.17) is 5.73 Å². The van der Waals surface area contributed by atoms with Gasteiger partial charge in [-0.1, -0.05) is 46.3 Å². The second-order valence-electron chi connectivity index (χ2n) is 5.79. The van der Waals surface area contributed by atoms with E-state index >= 15 is 0 Å². The topological polar surface area (TPSA) is 46.3 Å². The zero-order chi connectivity index (χ0) is 15.5. The summed E-state index contributed by atoms with van der Waals surface area (Å²) >= 11 is 3.63. The summed E-state index contributed by atoms with van der Waals surface area (Å²) in [7, 11) is 0. The highest BCUT2D eigenvalue weighted by atomic mass is 79.9. The molecule has 0 radical (unpaired) electrons. The molecule has 1 saturated carbocycles. The molecule has 114 valence electrons. The molecule has 2 N–H and O–H groups in total. The van der Waals surface area contributed by atoms with Crippen molar-refractivity contribution in [3.63, 3.8) is 0 Å². The summed E-state index contributed by atoms with van der Waals surface area (Å²) in [5, 5.41) is 0. The van der Waals surface area contributed by atoms with Crippen LogP contribution < -0.4 is 5.73 Å². The average molecular weight is 359 g/mol. The first kappa shape index (κ1) is 15.3. The van der Waals surface area contributed by atoms with Crippen LogP contribution in [0.4, 0.5) is 0 Å². The summed E-state index contributed by atoms with van der Waals surface area (Å²) in [4.78, 5) is 13.6. The molecule has 1 fully saturated rings. The monoisotopic (exact) mass is 358 g/mol. The molecule has 22 heavy (non-hydrogen) atoms. The van der Waals surface area contributed by atoms with Crippen molar-refractivity contribution in [2.24, 2.45) is 5.73 Å². The van der Waals surface area contributed by atoms with Crippen molar-refractivity contribution in [3.8, 4) is 0 Å². The minimum Gasteiger partial charge on any atom is -0.366 e. The maximum absolute atomic E-state index is 11.1. The Balaban J connectivity index is 1.72. The van der Waals surface area contributed by atoms with E-state index in [-0.39, 0.29) is 5.91 Å². The lowest BCUT2D eigenvalue weighted by Gasteiger charge is -2.23. The SMILES string of the molecule is NC(=O)c1ccc(CN(Cc2ccccc2Br)C2CC2)cc1. The van der Waals surface area contributed by atoms with E-state index in [2.05, 4.69) is 39.0 Å². The zero-order valence-electron chi connectivity index (χ0n) is 12.3. The smallest absolute Gasteiger partial charge is 0.248 e. The van der Waals surface area contributed by atoms with Crippen LogP contribution in [0.15, 0.2) is 53.0 Å². The van der Waals surface area contributed by atoms with Crippen LogP contribution in [0.3, 0.4) is 0 Å². The van der Waals surface area contributed by atoms with Crippen LogP contribution in [-0.4, -0.2) is 16.8 Å². The molecule has 2 aromatic rings. The maximum atomic E-state index is 11.1. The van der Waals surface area contributed by atoms with Crippen LogP contribution in [0.1, 0.15) is 34.3 Å².